The van der Waals surface area contributed by atoms with Crippen molar-refractivity contribution in [2.45, 2.75) is 6.54 Å². The number of nitrogens with zero attached hydrogens (tertiary/aromatic N) is 1. The molecule has 2 aromatic carbocycles. The van der Waals surface area contributed by atoms with Crippen molar-refractivity contribution < 1.29 is 9.18 Å². The Hall–Kier alpha value is -2.45. The summed E-state index contributed by atoms with van der Waals surface area (Å²) in [4.78, 5) is 30.6. The first-order chi connectivity index (χ1) is 11.9. The third-order valence-corrected chi connectivity index (χ3v) is 4.35. The number of H-pyrrole nitrogens is 2. The lowest BCUT2D eigenvalue weighted by Gasteiger charge is -2.17. The Kier molecular flexibility index (Phi) is 5.00. The SMILES string of the molecule is CN(CC(=O)Nc1cc2[nH]c(=O)[nH]c2cc1Br)Cc1ccccc1F. The lowest BCUT2D eigenvalue weighted by molar-refractivity contribution is -0.117. The van der Waals surface area contributed by atoms with Gasteiger partial charge in [-0.2, -0.15) is 0 Å². The van der Waals surface area contributed by atoms with E-state index in [9.17, 15) is 14.0 Å². The minimum Gasteiger partial charge on any atom is -0.324 e. The van der Waals surface area contributed by atoms with Gasteiger partial charge in [0, 0.05) is 16.6 Å². The van der Waals surface area contributed by atoms with Crippen molar-refractivity contribution in [2.24, 2.45) is 0 Å². The smallest absolute Gasteiger partial charge is 0.323 e. The van der Waals surface area contributed by atoms with Crippen LogP contribution in [0.2, 0.25) is 0 Å². The molecule has 0 atom stereocenters. The molecule has 0 saturated heterocycles. The molecule has 0 aliphatic heterocycles. The van der Waals surface area contributed by atoms with Gasteiger partial charge in [-0.3, -0.25) is 9.69 Å². The van der Waals surface area contributed by atoms with Crippen molar-refractivity contribution in [3.8, 4) is 0 Å². The maximum atomic E-state index is 13.7. The zero-order valence-corrected chi connectivity index (χ0v) is 15.0. The van der Waals surface area contributed by atoms with Gasteiger partial charge in [0.25, 0.3) is 0 Å². The van der Waals surface area contributed by atoms with Crippen LogP contribution in [0.25, 0.3) is 11.0 Å². The first-order valence-electron chi connectivity index (χ1n) is 7.56. The van der Waals surface area contributed by atoms with Crippen LogP contribution < -0.4 is 11.0 Å². The molecule has 0 bridgehead atoms. The van der Waals surface area contributed by atoms with Gasteiger partial charge < -0.3 is 15.3 Å². The molecule has 6 nitrogen and oxygen atoms in total. The van der Waals surface area contributed by atoms with Gasteiger partial charge >= 0.3 is 5.69 Å². The predicted octanol–water partition coefficient (Wildman–Crippen LogP) is 2.83. The highest BCUT2D eigenvalue weighted by molar-refractivity contribution is 9.10. The van der Waals surface area contributed by atoms with E-state index in [-0.39, 0.29) is 24.0 Å². The number of carbonyl (C=O) groups excluding carboxylic acids is 1. The molecule has 0 aliphatic rings. The second-order valence-electron chi connectivity index (χ2n) is 5.77. The average Bonchev–Trinajstić information content (AvgIpc) is 2.88. The molecule has 130 valence electrons. The molecule has 3 aromatic rings. The minimum absolute atomic E-state index is 0.0997. The number of amides is 1. The van der Waals surface area contributed by atoms with Gasteiger partial charge in [0.2, 0.25) is 5.91 Å². The molecule has 0 unspecified atom stereocenters. The van der Waals surface area contributed by atoms with E-state index in [0.717, 1.165) is 0 Å². The Labute approximate surface area is 151 Å². The van der Waals surface area contributed by atoms with E-state index in [1.807, 2.05) is 0 Å². The number of hydrogen-bond acceptors (Lipinski definition) is 3. The van der Waals surface area contributed by atoms with Crippen molar-refractivity contribution in [1.29, 1.82) is 0 Å². The van der Waals surface area contributed by atoms with Crippen molar-refractivity contribution in [1.82, 2.24) is 14.9 Å². The van der Waals surface area contributed by atoms with Gasteiger partial charge in [0.15, 0.2) is 0 Å². The highest BCUT2D eigenvalue weighted by Gasteiger charge is 2.12. The third-order valence-electron chi connectivity index (χ3n) is 3.69. The fourth-order valence-electron chi connectivity index (χ4n) is 2.56. The molecule has 0 aliphatic carbocycles. The molecule has 0 fully saturated rings. The maximum absolute atomic E-state index is 13.7. The van der Waals surface area contributed by atoms with Gasteiger partial charge in [-0.25, -0.2) is 9.18 Å². The van der Waals surface area contributed by atoms with E-state index in [1.54, 1.807) is 42.3 Å². The van der Waals surface area contributed by atoms with Crippen LogP contribution in [0.5, 0.6) is 0 Å². The van der Waals surface area contributed by atoms with Crippen LogP contribution in [0.15, 0.2) is 45.7 Å². The Bertz CT molecular complexity index is 982. The summed E-state index contributed by atoms with van der Waals surface area (Å²) in [7, 11) is 1.74. The first-order valence-corrected chi connectivity index (χ1v) is 8.35. The second-order valence-corrected chi connectivity index (χ2v) is 6.62. The van der Waals surface area contributed by atoms with E-state index < -0.39 is 0 Å². The van der Waals surface area contributed by atoms with Crippen LogP contribution in [-0.2, 0) is 11.3 Å². The molecule has 25 heavy (non-hydrogen) atoms. The highest BCUT2D eigenvalue weighted by atomic mass is 79.9. The predicted molar refractivity (Wildman–Crippen MR) is 98.0 cm³/mol. The molecular weight excluding hydrogens is 391 g/mol. The molecular formula is C17H16BrFN4O2. The van der Waals surface area contributed by atoms with E-state index >= 15 is 0 Å². The van der Waals surface area contributed by atoms with Gasteiger partial charge in [0.05, 0.1) is 23.3 Å². The zero-order valence-electron chi connectivity index (χ0n) is 13.4. The summed E-state index contributed by atoms with van der Waals surface area (Å²) in [6, 6.07) is 9.86. The summed E-state index contributed by atoms with van der Waals surface area (Å²) in [5.74, 6) is -0.531. The summed E-state index contributed by atoms with van der Waals surface area (Å²) in [6.45, 7) is 0.425. The number of imidazole rings is 1. The summed E-state index contributed by atoms with van der Waals surface area (Å²) >= 11 is 3.37. The number of carbonyl (C=O) groups is 1. The van der Waals surface area contributed by atoms with Gasteiger partial charge in [0.1, 0.15) is 5.82 Å². The number of hydrogen-bond donors (Lipinski definition) is 3. The van der Waals surface area contributed by atoms with Gasteiger partial charge in [-0.15, -0.1) is 0 Å². The monoisotopic (exact) mass is 406 g/mol. The molecule has 1 aromatic heterocycles. The summed E-state index contributed by atoms with van der Waals surface area (Å²) in [6.07, 6.45) is 0. The standard InChI is InChI=1S/C17H16BrFN4O2/c1-23(8-10-4-2-3-5-12(10)19)9-16(24)20-13-7-15-14(6-11(13)18)21-17(25)22-15/h2-7H,8-9H2,1H3,(H,20,24)(H2,21,22,25). The van der Waals surface area contributed by atoms with E-state index in [0.29, 0.717) is 33.3 Å². The van der Waals surface area contributed by atoms with Crippen LogP contribution in [-0.4, -0.2) is 34.4 Å². The molecule has 1 amide bonds. The van der Waals surface area contributed by atoms with Crippen molar-refractivity contribution in [2.75, 3.05) is 18.9 Å². The summed E-state index contributed by atoms with van der Waals surface area (Å²) in [5.41, 5.74) is 2.02. The average molecular weight is 407 g/mol. The first kappa shape index (κ1) is 17.4. The lowest BCUT2D eigenvalue weighted by atomic mass is 10.2. The van der Waals surface area contributed by atoms with Crippen molar-refractivity contribution in [3.63, 3.8) is 0 Å². The largest absolute Gasteiger partial charge is 0.324 e. The quantitative estimate of drug-likeness (QED) is 0.609. The number of aromatic amines is 2. The molecule has 8 heteroatoms. The number of halogens is 2. The third kappa shape index (κ3) is 4.15. The van der Waals surface area contributed by atoms with Gasteiger partial charge in [-0.1, -0.05) is 18.2 Å². The van der Waals surface area contributed by atoms with E-state index in [2.05, 4.69) is 31.2 Å². The minimum atomic E-state index is -0.310. The number of benzene rings is 2. The van der Waals surface area contributed by atoms with Crippen molar-refractivity contribution in [3.05, 3.63) is 62.7 Å². The maximum Gasteiger partial charge on any atom is 0.323 e. The normalized spacial score (nSPS) is 11.2. The summed E-state index contributed by atoms with van der Waals surface area (Å²) in [5, 5.41) is 2.79. The Morgan fingerprint density at radius 2 is 1.92 bits per heavy atom. The fourth-order valence-corrected chi connectivity index (χ4v) is 3.00. The summed E-state index contributed by atoms with van der Waals surface area (Å²) < 4.78 is 14.3. The molecule has 0 saturated carbocycles. The van der Waals surface area contributed by atoms with Crippen LogP contribution in [0, 0.1) is 5.82 Å². The Morgan fingerprint density at radius 3 is 2.64 bits per heavy atom. The number of fused-ring (bicyclic) bond motifs is 1. The molecule has 3 rings (SSSR count). The zero-order chi connectivity index (χ0) is 18.0. The van der Waals surface area contributed by atoms with Crippen LogP contribution in [0.4, 0.5) is 10.1 Å². The number of aromatic nitrogens is 2. The van der Waals surface area contributed by atoms with Crippen LogP contribution in [0.1, 0.15) is 5.56 Å². The second kappa shape index (κ2) is 7.20. The number of anilines is 1. The van der Waals surface area contributed by atoms with Crippen LogP contribution >= 0.6 is 15.9 Å². The number of rotatable bonds is 5. The lowest BCUT2D eigenvalue weighted by Crippen LogP contribution is -2.30. The van der Waals surface area contributed by atoms with Crippen molar-refractivity contribution >= 4 is 38.6 Å². The van der Waals surface area contributed by atoms with E-state index in [1.165, 1.54) is 6.07 Å². The topological polar surface area (TPSA) is 81.0 Å². The molecule has 0 spiro atoms. The Balaban J connectivity index is 1.67. The van der Waals surface area contributed by atoms with Crippen LogP contribution in [0.3, 0.4) is 0 Å². The Morgan fingerprint density at radius 1 is 1.24 bits per heavy atom. The van der Waals surface area contributed by atoms with Gasteiger partial charge in [-0.05, 0) is 41.2 Å². The molecule has 3 N–H and O–H groups in total. The molecule has 0 radical (unpaired) electrons. The number of nitrogens with one attached hydrogen (secondary N) is 3. The molecule has 1 heterocycles. The number of likely N-dealkylation sites (N-methyl/N-ethyl adjacent to an activating group) is 1. The fraction of sp³-hybridized carbons (Fsp3) is 0.176. The highest BCUT2D eigenvalue weighted by Crippen LogP contribution is 2.26. The van der Waals surface area contributed by atoms with E-state index in [4.69, 9.17) is 0 Å².